The third-order valence-corrected chi connectivity index (χ3v) is 7.10. The lowest BCUT2D eigenvalue weighted by Crippen LogP contribution is -2.39. The van der Waals surface area contributed by atoms with Gasteiger partial charge < -0.3 is 10.1 Å². The van der Waals surface area contributed by atoms with Crippen LogP contribution < -0.4 is 14.8 Å². The lowest BCUT2D eigenvalue weighted by atomic mass is 10.0. The first kappa shape index (κ1) is 25.1. The van der Waals surface area contributed by atoms with Crippen molar-refractivity contribution in [2.75, 3.05) is 11.3 Å². The van der Waals surface area contributed by atoms with Crippen molar-refractivity contribution in [3.8, 4) is 17.1 Å². The second-order valence-electron chi connectivity index (χ2n) is 8.39. The number of fused-ring (bicyclic) bond motifs is 4. The Bertz CT molecular complexity index is 1390. The number of sulfonamides is 1. The van der Waals surface area contributed by atoms with Gasteiger partial charge in [-0.05, 0) is 43.0 Å². The predicted octanol–water partition coefficient (Wildman–Crippen LogP) is 4.82. The van der Waals surface area contributed by atoms with Crippen molar-refractivity contribution in [1.29, 1.82) is 0 Å². The van der Waals surface area contributed by atoms with Gasteiger partial charge in [0, 0.05) is 17.2 Å². The minimum absolute atomic E-state index is 0.0695. The lowest BCUT2D eigenvalue weighted by molar-refractivity contribution is 0.0916. The van der Waals surface area contributed by atoms with E-state index < -0.39 is 10.0 Å². The number of unbranched alkanes of at least 4 members (excludes halogenated alkanes) is 2. The van der Waals surface area contributed by atoms with Crippen molar-refractivity contribution < 1.29 is 17.9 Å². The van der Waals surface area contributed by atoms with Gasteiger partial charge in [-0.3, -0.25) is 4.79 Å². The van der Waals surface area contributed by atoms with Crippen molar-refractivity contribution in [2.24, 2.45) is 0 Å². The summed E-state index contributed by atoms with van der Waals surface area (Å²) >= 11 is 0. The molecule has 186 valence electrons. The summed E-state index contributed by atoms with van der Waals surface area (Å²) in [5.41, 5.74) is 2.29. The van der Waals surface area contributed by atoms with Crippen LogP contribution in [-0.4, -0.2) is 36.9 Å². The van der Waals surface area contributed by atoms with Crippen LogP contribution in [0.3, 0.4) is 0 Å². The number of nitrogens with one attached hydrogen (secondary N) is 2. The van der Waals surface area contributed by atoms with Crippen LogP contribution in [0.2, 0.25) is 0 Å². The number of amides is 1. The van der Waals surface area contributed by atoms with Crippen LogP contribution in [0.1, 0.15) is 41.6 Å². The second-order valence-corrected chi connectivity index (χ2v) is 10.1. The van der Waals surface area contributed by atoms with E-state index in [0.717, 1.165) is 30.4 Å². The largest absolute Gasteiger partial charge is 0.475 e. The van der Waals surface area contributed by atoms with Gasteiger partial charge in [-0.15, -0.1) is 6.58 Å². The van der Waals surface area contributed by atoms with Gasteiger partial charge in [0.1, 0.15) is 6.61 Å². The molecule has 4 rings (SSSR count). The van der Waals surface area contributed by atoms with Gasteiger partial charge in [0.25, 0.3) is 15.9 Å². The summed E-state index contributed by atoms with van der Waals surface area (Å²) in [4.78, 5) is 21.6. The van der Waals surface area contributed by atoms with Gasteiger partial charge >= 0.3 is 0 Å². The first-order chi connectivity index (χ1) is 17.4. The average molecular weight is 505 g/mol. The van der Waals surface area contributed by atoms with Crippen molar-refractivity contribution in [2.45, 2.75) is 36.6 Å². The molecule has 9 heteroatoms. The molecule has 0 unspecified atom stereocenters. The van der Waals surface area contributed by atoms with E-state index in [1.165, 1.54) is 18.2 Å². The Kier molecular flexibility index (Phi) is 7.80. The van der Waals surface area contributed by atoms with E-state index in [1.807, 2.05) is 30.3 Å². The maximum atomic E-state index is 13.1. The van der Waals surface area contributed by atoms with Crippen molar-refractivity contribution in [3.05, 3.63) is 85.0 Å². The Morgan fingerprint density at radius 3 is 2.69 bits per heavy atom. The molecule has 2 aromatic carbocycles. The van der Waals surface area contributed by atoms with Gasteiger partial charge in [0.2, 0.25) is 11.8 Å². The summed E-state index contributed by atoms with van der Waals surface area (Å²) in [5, 5.41) is 2.98. The van der Waals surface area contributed by atoms with Gasteiger partial charge in [-0.25, -0.2) is 18.1 Å². The van der Waals surface area contributed by atoms with Crippen LogP contribution in [0.15, 0.2) is 78.7 Å². The maximum absolute atomic E-state index is 13.1. The summed E-state index contributed by atoms with van der Waals surface area (Å²) in [6, 6.07) is 14.7. The van der Waals surface area contributed by atoms with E-state index in [4.69, 9.17) is 4.74 Å². The molecule has 4 bridgehead atoms. The fourth-order valence-electron chi connectivity index (χ4n) is 3.91. The van der Waals surface area contributed by atoms with Crippen LogP contribution >= 0.6 is 0 Å². The zero-order valence-corrected chi connectivity index (χ0v) is 20.6. The minimum Gasteiger partial charge on any atom is -0.475 e. The number of rotatable bonds is 7. The third kappa shape index (κ3) is 5.98. The summed E-state index contributed by atoms with van der Waals surface area (Å²) in [7, 11) is -4.07. The SMILES string of the molecule is C=CCCCC[C@@H]1COc2cc(-c3ccccc3C=C)nc(n2)NS(=O)(=O)c2cccc(c2)C(=O)N1. The average Bonchev–Trinajstić information content (AvgIpc) is 2.89. The molecule has 8 nitrogen and oxygen atoms in total. The highest BCUT2D eigenvalue weighted by atomic mass is 32.2. The van der Waals surface area contributed by atoms with Gasteiger partial charge in [-0.1, -0.05) is 55.5 Å². The van der Waals surface area contributed by atoms with Crippen LogP contribution in [0.25, 0.3) is 17.3 Å². The van der Waals surface area contributed by atoms with Gasteiger partial charge in [-0.2, -0.15) is 4.98 Å². The number of benzene rings is 2. The third-order valence-electron chi connectivity index (χ3n) is 5.77. The molecule has 2 heterocycles. The predicted molar refractivity (Wildman–Crippen MR) is 140 cm³/mol. The van der Waals surface area contributed by atoms with Crippen molar-refractivity contribution in [3.63, 3.8) is 0 Å². The topological polar surface area (TPSA) is 110 Å². The standard InChI is InChI=1S/C27H28N4O4S/c1-3-5-6-7-13-21-18-35-25-17-24(23-15-9-8-11-19(23)4-2)29-27(30-25)31-36(33,34)22-14-10-12-20(16-22)26(32)28-21/h3-4,8-12,14-17,21H,1-2,5-7,13,18H2,(H,28,32)(H,29,30,31)/t21-/m1/s1. The van der Waals surface area contributed by atoms with E-state index in [-0.39, 0.29) is 40.8 Å². The van der Waals surface area contributed by atoms with Crippen molar-refractivity contribution >= 4 is 28.0 Å². The Morgan fingerprint density at radius 2 is 1.89 bits per heavy atom. The molecule has 0 aliphatic carbocycles. The number of ether oxygens (including phenoxy) is 1. The first-order valence-electron chi connectivity index (χ1n) is 11.7. The highest BCUT2D eigenvalue weighted by Crippen LogP contribution is 2.28. The zero-order valence-electron chi connectivity index (χ0n) is 19.8. The molecule has 1 aromatic heterocycles. The van der Waals surface area contributed by atoms with Crippen LogP contribution in [0.5, 0.6) is 5.88 Å². The molecule has 3 aromatic rings. The monoisotopic (exact) mass is 504 g/mol. The number of allylic oxidation sites excluding steroid dienone is 1. The normalized spacial score (nSPS) is 16.7. The van der Waals surface area contributed by atoms with Gasteiger partial charge in [0.15, 0.2) is 0 Å². The Hall–Kier alpha value is -3.98. The van der Waals surface area contributed by atoms with Crippen LogP contribution in [0.4, 0.5) is 5.95 Å². The van der Waals surface area contributed by atoms with E-state index in [0.29, 0.717) is 12.1 Å². The highest BCUT2D eigenvalue weighted by molar-refractivity contribution is 7.92. The molecule has 2 N–H and O–H groups in total. The smallest absolute Gasteiger partial charge is 0.264 e. The summed E-state index contributed by atoms with van der Waals surface area (Å²) in [5.74, 6) is -0.317. The molecule has 1 aliphatic heterocycles. The van der Waals surface area contributed by atoms with E-state index in [1.54, 1.807) is 18.2 Å². The van der Waals surface area contributed by atoms with Crippen LogP contribution in [-0.2, 0) is 10.0 Å². The Balaban J connectivity index is 1.77. The Morgan fingerprint density at radius 1 is 1.06 bits per heavy atom. The number of anilines is 1. The molecule has 0 fully saturated rings. The molecule has 1 amide bonds. The number of carbonyl (C=O) groups is 1. The summed E-state index contributed by atoms with van der Waals surface area (Å²) in [6.07, 6.45) is 6.93. The Labute approximate surface area is 211 Å². The molecular formula is C27H28N4O4S. The maximum Gasteiger partial charge on any atom is 0.264 e. The molecule has 0 radical (unpaired) electrons. The molecule has 1 aliphatic rings. The molecule has 0 saturated carbocycles. The fraction of sp³-hybridized carbons (Fsp3) is 0.222. The van der Waals surface area contributed by atoms with Gasteiger partial charge in [0.05, 0.1) is 16.6 Å². The summed E-state index contributed by atoms with van der Waals surface area (Å²) < 4.78 is 34.7. The van der Waals surface area contributed by atoms with E-state index in [2.05, 4.69) is 33.2 Å². The number of carbonyl (C=O) groups excluding carboxylic acids is 1. The zero-order chi connectivity index (χ0) is 25.5. The molecule has 36 heavy (non-hydrogen) atoms. The number of aromatic nitrogens is 2. The second kappa shape index (κ2) is 11.2. The first-order valence-corrected chi connectivity index (χ1v) is 13.2. The number of nitrogens with zero attached hydrogens (tertiary/aromatic N) is 2. The molecule has 1 atom stereocenters. The van der Waals surface area contributed by atoms with E-state index in [9.17, 15) is 13.2 Å². The molecule has 0 spiro atoms. The quantitative estimate of drug-likeness (QED) is 0.352. The van der Waals surface area contributed by atoms with Crippen LogP contribution in [0, 0.1) is 0 Å². The summed E-state index contributed by atoms with van der Waals surface area (Å²) in [6.45, 7) is 7.76. The fourth-order valence-corrected chi connectivity index (χ4v) is 4.90. The minimum atomic E-state index is -4.07. The number of hydrogen-bond donors (Lipinski definition) is 2. The van der Waals surface area contributed by atoms with Crippen molar-refractivity contribution in [1.82, 2.24) is 15.3 Å². The highest BCUT2D eigenvalue weighted by Gasteiger charge is 2.22. The number of hydrogen-bond acceptors (Lipinski definition) is 6. The van der Waals surface area contributed by atoms with E-state index >= 15 is 0 Å². The lowest BCUT2D eigenvalue weighted by Gasteiger charge is -2.19. The molecule has 0 saturated heterocycles. The molecular weight excluding hydrogens is 476 g/mol.